The highest BCUT2D eigenvalue weighted by molar-refractivity contribution is 6.36. The van der Waals surface area contributed by atoms with Gasteiger partial charge in [-0.1, -0.05) is 56.1 Å². The van der Waals surface area contributed by atoms with Crippen LogP contribution in [0.25, 0.3) is 22.6 Å². The van der Waals surface area contributed by atoms with Crippen molar-refractivity contribution in [2.45, 2.75) is 26.2 Å². The first kappa shape index (κ1) is 27.4. The summed E-state index contributed by atoms with van der Waals surface area (Å²) in [5, 5.41) is 0.631. The lowest BCUT2D eigenvalue weighted by Crippen LogP contribution is -2.10. The average Bonchev–Trinajstić information content (AvgIpc) is 3.35. The predicted molar refractivity (Wildman–Crippen MR) is 160 cm³/mol. The molecule has 0 atom stereocenters. The maximum atomic E-state index is 12.6. The molecule has 0 saturated carbocycles. The van der Waals surface area contributed by atoms with Gasteiger partial charge < -0.3 is 13.9 Å². The number of fused-ring (bicyclic) bond motifs is 1. The van der Waals surface area contributed by atoms with E-state index in [2.05, 4.69) is 42.9 Å². The fraction of sp³-hybridized carbons (Fsp3) is 0.156. The molecule has 0 unspecified atom stereocenters. The summed E-state index contributed by atoms with van der Waals surface area (Å²) in [6.07, 6.45) is 1.69. The first-order valence-electron chi connectivity index (χ1n) is 12.5. The maximum Gasteiger partial charge on any atom is 0.345 e. The first-order valence-corrected chi connectivity index (χ1v) is 13.3. The van der Waals surface area contributed by atoms with Gasteiger partial charge in [0.15, 0.2) is 17.1 Å². The quantitative estimate of drug-likeness (QED) is 0.115. The second kappa shape index (κ2) is 11.2. The molecule has 0 amide bonds. The van der Waals surface area contributed by atoms with E-state index in [1.54, 1.807) is 30.5 Å². The van der Waals surface area contributed by atoms with Crippen LogP contribution in [-0.2, 0) is 5.41 Å². The van der Waals surface area contributed by atoms with Gasteiger partial charge >= 0.3 is 5.97 Å². The standard InChI is InChI=1S/C32H26Cl2N2O4/c1-32(2,3)21-8-6-20(7-9-21)30-36-26-17-23(11-14-27(26)39-30)35-18-19-5-13-28(29(15-19)38-4)40-31(37)24-12-10-22(33)16-25(24)34/h5-18H,1-4H3. The highest BCUT2D eigenvalue weighted by atomic mass is 35.5. The number of carbonyl (C=O) groups excluding carboxylic acids is 1. The van der Waals surface area contributed by atoms with Crippen LogP contribution in [0, 0.1) is 0 Å². The van der Waals surface area contributed by atoms with Crippen molar-refractivity contribution in [3.8, 4) is 23.0 Å². The molecule has 4 aromatic carbocycles. The van der Waals surface area contributed by atoms with Gasteiger partial charge in [0, 0.05) is 16.8 Å². The number of benzene rings is 4. The van der Waals surface area contributed by atoms with E-state index >= 15 is 0 Å². The Morgan fingerprint density at radius 1 is 0.925 bits per heavy atom. The monoisotopic (exact) mass is 572 g/mol. The summed E-state index contributed by atoms with van der Waals surface area (Å²) in [4.78, 5) is 21.9. The molecule has 6 nitrogen and oxygen atoms in total. The fourth-order valence-electron chi connectivity index (χ4n) is 4.04. The van der Waals surface area contributed by atoms with Crippen LogP contribution >= 0.6 is 23.2 Å². The number of methoxy groups -OCH3 is 1. The zero-order valence-electron chi connectivity index (χ0n) is 22.4. The van der Waals surface area contributed by atoms with E-state index in [9.17, 15) is 4.79 Å². The van der Waals surface area contributed by atoms with Gasteiger partial charge in [0.1, 0.15) is 5.52 Å². The number of rotatable bonds is 6. The summed E-state index contributed by atoms with van der Waals surface area (Å²) < 4.78 is 16.9. The van der Waals surface area contributed by atoms with E-state index in [0.717, 1.165) is 11.1 Å². The lowest BCUT2D eigenvalue weighted by molar-refractivity contribution is 0.0730. The summed E-state index contributed by atoms with van der Waals surface area (Å²) in [5.41, 5.74) is 5.30. The third-order valence-electron chi connectivity index (χ3n) is 6.27. The molecule has 1 aromatic heterocycles. The molecule has 0 spiro atoms. The molecule has 0 bridgehead atoms. The Morgan fingerprint density at radius 2 is 1.70 bits per heavy atom. The first-order chi connectivity index (χ1) is 19.1. The van der Waals surface area contributed by atoms with Crippen LogP contribution in [0.2, 0.25) is 10.0 Å². The smallest absolute Gasteiger partial charge is 0.345 e. The molecule has 1 heterocycles. The van der Waals surface area contributed by atoms with E-state index < -0.39 is 5.97 Å². The Kier molecular flexibility index (Phi) is 7.66. The molecule has 40 heavy (non-hydrogen) atoms. The number of ether oxygens (including phenoxy) is 2. The van der Waals surface area contributed by atoms with Crippen LogP contribution < -0.4 is 9.47 Å². The zero-order valence-corrected chi connectivity index (χ0v) is 23.9. The molecule has 0 saturated heterocycles. The van der Waals surface area contributed by atoms with Gasteiger partial charge in [-0.3, -0.25) is 4.99 Å². The molecular weight excluding hydrogens is 547 g/mol. The maximum absolute atomic E-state index is 12.6. The Labute approximate surface area is 242 Å². The van der Waals surface area contributed by atoms with Crippen LogP contribution in [0.1, 0.15) is 42.3 Å². The van der Waals surface area contributed by atoms with Crippen molar-refractivity contribution in [3.05, 3.63) is 106 Å². The predicted octanol–water partition coefficient (Wildman–Crippen LogP) is 9.08. The Hall–Kier alpha value is -4.13. The van der Waals surface area contributed by atoms with Crippen LogP contribution in [-0.4, -0.2) is 24.3 Å². The number of nitrogens with zero attached hydrogens (tertiary/aromatic N) is 2. The van der Waals surface area contributed by atoms with Gasteiger partial charge in [0.2, 0.25) is 5.89 Å². The fourth-order valence-corrected chi connectivity index (χ4v) is 4.53. The van der Waals surface area contributed by atoms with Gasteiger partial charge in [0.05, 0.1) is 23.4 Å². The van der Waals surface area contributed by atoms with Gasteiger partial charge in [-0.25, -0.2) is 9.78 Å². The topological polar surface area (TPSA) is 73.9 Å². The minimum atomic E-state index is -0.619. The molecular formula is C32H26Cl2N2O4. The van der Waals surface area contributed by atoms with Crippen molar-refractivity contribution in [1.82, 2.24) is 4.98 Å². The van der Waals surface area contributed by atoms with E-state index in [4.69, 9.17) is 37.1 Å². The van der Waals surface area contributed by atoms with Gasteiger partial charge in [-0.05, 0) is 83.3 Å². The number of aromatic nitrogens is 1. The van der Waals surface area contributed by atoms with Crippen molar-refractivity contribution in [2.75, 3.05) is 7.11 Å². The molecule has 0 aliphatic rings. The molecule has 5 aromatic rings. The Morgan fingerprint density at radius 3 is 2.40 bits per heavy atom. The van der Waals surface area contributed by atoms with Crippen LogP contribution in [0.3, 0.4) is 0 Å². The van der Waals surface area contributed by atoms with Crippen LogP contribution in [0.5, 0.6) is 11.5 Å². The number of esters is 1. The van der Waals surface area contributed by atoms with Crippen molar-refractivity contribution in [3.63, 3.8) is 0 Å². The lowest BCUT2D eigenvalue weighted by atomic mass is 9.87. The second-order valence-corrected chi connectivity index (χ2v) is 11.0. The molecule has 0 aliphatic heterocycles. The van der Waals surface area contributed by atoms with Crippen molar-refractivity contribution in [1.29, 1.82) is 0 Å². The number of hydrogen-bond acceptors (Lipinski definition) is 6. The number of hydrogen-bond donors (Lipinski definition) is 0. The number of carbonyl (C=O) groups is 1. The van der Waals surface area contributed by atoms with E-state index in [0.29, 0.717) is 33.4 Å². The van der Waals surface area contributed by atoms with Crippen LogP contribution in [0.4, 0.5) is 5.69 Å². The number of aliphatic imine (C=N–C) groups is 1. The highest BCUT2D eigenvalue weighted by Crippen LogP contribution is 2.32. The van der Waals surface area contributed by atoms with Gasteiger partial charge in [-0.15, -0.1) is 0 Å². The SMILES string of the molecule is COc1cc(C=Nc2ccc3oc(-c4ccc(C(C)(C)C)cc4)nc3c2)ccc1OC(=O)c1ccc(Cl)cc1Cl. The zero-order chi connectivity index (χ0) is 28.4. The normalized spacial score (nSPS) is 11.8. The van der Waals surface area contributed by atoms with Gasteiger partial charge in [-0.2, -0.15) is 0 Å². The molecule has 202 valence electrons. The molecule has 0 radical (unpaired) electrons. The second-order valence-electron chi connectivity index (χ2n) is 10.2. The minimum absolute atomic E-state index is 0.0766. The summed E-state index contributed by atoms with van der Waals surface area (Å²) >= 11 is 12.1. The van der Waals surface area contributed by atoms with E-state index in [-0.39, 0.29) is 21.8 Å². The average molecular weight is 573 g/mol. The van der Waals surface area contributed by atoms with Crippen molar-refractivity contribution < 1.29 is 18.7 Å². The van der Waals surface area contributed by atoms with Gasteiger partial charge in [0.25, 0.3) is 0 Å². The van der Waals surface area contributed by atoms with Crippen LogP contribution in [0.15, 0.2) is 88.3 Å². The molecule has 0 N–H and O–H groups in total. The molecule has 8 heteroatoms. The third-order valence-corrected chi connectivity index (χ3v) is 6.82. The summed E-state index contributed by atoms with van der Waals surface area (Å²) in [6.45, 7) is 6.55. The third kappa shape index (κ3) is 6.03. The number of halogens is 2. The largest absolute Gasteiger partial charge is 0.493 e. The summed E-state index contributed by atoms with van der Waals surface area (Å²) in [6, 6.07) is 23.6. The molecule has 0 fully saturated rings. The minimum Gasteiger partial charge on any atom is -0.493 e. The highest BCUT2D eigenvalue weighted by Gasteiger charge is 2.17. The molecule has 5 rings (SSSR count). The van der Waals surface area contributed by atoms with Crippen molar-refractivity contribution in [2.24, 2.45) is 4.99 Å². The summed E-state index contributed by atoms with van der Waals surface area (Å²) in [5.74, 6) is 0.567. The Bertz CT molecular complexity index is 1730. The molecule has 0 aliphatic carbocycles. The summed E-state index contributed by atoms with van der Waals surface area (Å²) in [7, 11) is 1.50. The van der Waals surface area contributed by atoms with E-state index in [1.807, 2.05) is 30.3 Å². The Balaban J connectivity index is 1.33. The number of oxazole rings is 1. The van der Waals surface area contributed by atoms with E-state index in [1.165, 1.54) is 24.8 Å². The van der Waals surface area contributed by atoms with Crippen molar-refractivity contribution >= 4 is 52.2 Å². The lowest BCUT2D eigenvalue weighted by Gasteiger charge is -2.18.